The Kier molecular flexibility index (Phi) is 4.54. The van der Waals surface area contributed by atoms with Crippen LogP contribution in [0.25, 0.3) is 0 Å². The van der Waals surface area contributed by atoms with Crippen molar-refractivity contribution in [2.75, 3.05) is 18.7 Å². The quantitative estimate of drug-likeness (QED) is 0.815. The van der Waals surface area contributed by atoms with E-state index in [9.17, 15) is 4.79 Å². The molecule has 24 heavy (non-hydrogen) atoms. The van der Waals surface area contributed by atoms with Gasteiger partial charge in [0, 0.05) is 36.3 Å². The number of carbonyl (C=O) groups is 1. The fourth-order valence-corrected chi connectivity index (χ4v) is 3.75. The third kappa shape index (κ3) is 3.72. The lowest BCUT2D eigenvalue weighted by Crippen LogP contribution is -2.60. The first kappa shape index (κ1) is 16.8. The van der Waals surface area contributed by atoms with E-state index >= 15 is 0 Å². The fourth-order valence-electron chi connectivity index (χ4n) is 3.20. The van der Waals surface area contributed by atoms with E-state index in [2.05, 4.69) is 36.3 Å². The molecule has 0 unspecified atom stereocenters. The largest absolute Gasteiger partial charge is 0.454 e. The molecule has 2 aliphatic heterocycles. The number of rotatable bonds is 4. The van der Waals surface area contributed by atoms with Gasteiger partial charge >= 0.3 is 0 Å². The molecule has 0 bridgehead atoms. The van der Waals surface area contributed by atoms with Gasteiger partial charge in [0.2, 0.25) is 12.7 Å². The number of nitrogens with zero attached hydrogens (tertiary/aromatic N) is 1. The van der Waals surface area contributed by atoms with Crippen molar-refractivity contribution < 1.29 is 14.3 Å². The highest BCUT2D eigenvalue weighted by Crippen LogP contribution is 2.34. The Balaban J connectivity index is 1.53. The summed E-state index contributed by atoms with van der Waals surface area (Å²) in [5.41, 5.74) is 0.708. The first-order valence-corrected chi connectivity index (χ1v) is 8.53. The van der Waals surface area contributed by atoms with Crippen molar-refractivity contribution in [3.63, 3.8) is 0 Å². The molecule has 0 radical (unpaired) electrons. The zero-order valence-corrected chi connectivity index (χ0v) is 15.0. The van der Waals surface area contributed by atoms with E-state index in [4.69, 9.17) is 21.7 Å². The standard InChI is InChI=1S/C17H23N3O3S/c1-11-9-17(2,3)19-16(24)20(11)7-6-15(21)18-12-4-5-13-14(8-12)23-10-22-13/h4-5,8,11H,6-7,9-10H2,1-3H3,(H,18,21)(H,19,24)/t11-/m1/s1. The highest BCUT2D eigenvalue weighted by molar-refractivity contribution is 7.80. The van der Waals surface area contributed by atoms with Gasteiger partial charge in [-0.05, 0) is 51.5 Å². The number of nitrogens with one attached hydrogen (secondary N) is 2. The van der Waals surface area contributed by atoms with E-state index < -0.39 is 0 Å². The summed E-state index contributed by atoms with van der Waals surface area (Å²) in [5.74, 6) is 1.31. The molecule has 2 N–H and O–H groups in total. The highest BCUT2D eigenvalue weighted by atomic mass is 32.1. The normalized spacial score (nSPS) is 21.4. The van der Waals surface area contributed by atoms with Crippen LogP contribution in [-0.2, 0) is 4.79 Å². The molecule has 0 aliphatic carbocycles. The Morgan fingerprint density at radius 1 is 1.42 bits per heavy atom. The lowest BCUT2D eigenvalue weighted by atomic mass is 9.93. The van der Waals surface area contributed by atoms with Crippen LogP contribution in [0.1, 0.15) is 33.6 Å². The summed E-state index contributed by atoms with van der Waals surface area (Å²) < 4.78 is 10.6. The number of thiocarbonyl (C=S) groups is 1. The van der Waals surface area contributed by atoms with E-state index in [1.165, 1.54) is 0 Å². The number of hydrogen-bond donors (Lipinski definition) is 2. The SMILES string of the molecule is C[C@@H]1CC(C)(C)NC(=S)N1CCC(=O)Nc1ccc2c(c1)OCO2. The molecule has 1 aromatic carbocycles. The highest BCUT2D eigenvalue weighted by Gasteiger charge is 2.33. The van der Waals surface area contributed by atoms with Gasteiger partial charge in [0.05, 0.1) is 0 Å². The summed E-state index contributed by atoms with van der Waals surface area (Å²) in [6.45, 7) is 7.24. The van der Waals surface area contributed by atoms with Crippen LogP contribution in [0.4, 0.5) is 5.69 Å². The van der Waals surface area contributed by atoms with Gasteiger partial charge in [-0.15, -0.1) is 0 Å². The predicted molar refractivity (Wildman–Crippen MR) is 96.4 cm³/mol. The molecule has 1 fully saturated rings. The van der Waals surface area contributed by atoms with Crippen molar-refractivity contribution in [3.05, 3.63) is 18.2 Å². The van der Waals surface area contributed by atoms with E-state index in [-0.39, 0.29) is 18.2 Å². The second-order valence-electron chi connectivity index (χ2n) is 6.93. The van der Waals surface area contributed by atoms with Gasteiger partial charge in [-0.25, -0.2) is 0 Å². The van der Waals surface area contributed by atoms with Crippen LogP contribution in [-0.4, -0.2) is 40.8 Å². The van der Waals surface area contributed by atoms with Crippen molar-refractivity contribution in [3.8, 4) is 11.5 Å². The van der Waals surface area contributed by atoms with Gasteiger partial charge in [0.25, 0.3) is 0 Å². The van der Waals surface area contributed by atoms with Crippen LogP contribution in [0.2, 0.25) is 0 Å². The maximum absolute atomic E-state index is 12.2. The Labute approximate surface area is 147 Å². The van der Waals surface area contributed by atoms with Gasteiger partial charge in [-0.2, -0.15) is 0 Å². The number of fused-ring (bicyclic) bond motifs is 1. The first-order chi connectivity index (χ1) is 11.3. The summed E-state index contributed by atoms with van der Waals surface area (Å²) in [5, 5.41) is 6.94. The Morgan fingerprint density at radius 3 is 2.92 bits per heavy atom. The first-order valence-electron chi connectivity index (χ1n) is 8.12. The van der Waals surface area contributed by atoms with E-state index in [1.54, 1.807) is 12.1 Å². The lowest BCUT2D eigenvalue weighted by Gasteiger charge is -2.44. The average Bonchev–Trinajstić information content (AvgIpc) is 2.92. The van der Waals surface area contributed by atoms with Gasteiger partial charge < -0.3 is 25.0 Å². The summed E-state index contributed by atoms with van der Waals surface area (Å²) in [6.07, 6.45) is 1.36. The molecule has 0 saturated carbocycles. The van der Waals surface area contributed by atoms with E-state index in [0.717, 1.165) is 11.5 Å². The van der Waals surface area contributed by atoms with Gasteiger partial charge in [-0.1, -0.05) is 0 Å². The molecule has 3 rings (SSSR count). The summed E-state index contributed by atoms with van der Waals surface area (Å²) in [4.78, 5) is 14.3. The fraction of sp³-hybridized carbons (Fsp3) is 0.529. The minimum absolute atomic E-state index is 0.00173. The second-order valence-corrected chi connectivity index (χ2v) is 7.31. The lowest BCUT2D eigenvalue weighted by molar-refractivity contribution is -0.116. The molecule has 2 heterocycles. The monoisotopic (exact) mass is 349 g/mol. The zero-order valence-electron chi connectivity index (χ0n) is 14.2. The summed E-state index contributed by atoms with van der Waals surface area (Å²) in [6, 6.07) is 5.69. The molecular formula is C17H23N3O3S. The molecule has 6 nitrogen and oxygen atoms in total. The molecule has 0 aromatic heterocycles. The Hall–Kier alpha value is -2.02. The molecule has 1 atom stereocenters. The third-order valence-corrected chi connectivity index (χ3v) is 4.62. The minimum Gasteiger partial charge on any atom is -0.454 e. The zero-order chi connectivity index (χ0) is 17.3. The number of ether oxygens (including phenoxy) is 2. The summed E-state index contributed by atoms with van der Waals surface area (Å²) in [7, 11) is 0. The molecule has 1 amide bonds. The third-order valence-electron chi connectivity index (χ3n) is 4.28. The average molecular weight is 349 g/mol. The molecule has 7 heteroatoms. The number of hydrogen-bond acceptors (Lipinski definition) is 4. The summed E-state index contributed by atoms with van der Waals surface area (Å²) >= 11 is 5.44. The molecule has 1 aromatic rings. The van der Waals surface area contributed by atoms with Crippen molar-refractivity contribution >= 4 is 28.9 Å². The minimum atomic E-state index is -0.0475. The topological polar surface area (TPSA) is 62.8 Å². The maximum Gasteiger partial charge on any atom is 0.231 e. The van der Waals surface area contributed by atoms with Crippen molar-refractivity contribution in [1.82, 2.24) is 10.2 Å². The van der Waals surface area contributed by atoms with Gasteiger partial charge in [0.1, 0.15) is 0 Å². The second kappa shape index (κ2) is 6.47. The van der Waals surface area contributed by atoms with Crippen LogP contribution < -0.4 is 20.1 Å². The van der Waals surface area contributed by atoms with Crippen LogP contribution in [0.5, 0.6) is 11.5 Å². The van der Waals surface area contributed by atoms with Crippen molar-refractivity contribution in [1.29, 1.82) is 0 Å². The number of anilines is 1. The molecule has 2 aliphatic rings. The van der Waals surface area contributed by atoms with Gasteiger partial charge in [-0.3, -0.25) is 4.79 Å². The van der Waals surface area contributed by atoms with Crippen LogP contribution in [0.3, 0.4) is 0 Å². The van der Waals surface area contributed by atoms with E-state index in [0.29, 0.717) is 36.2 Å². The molecule has 1 saturated heterocycles. The number of benzene rings is 1. The number of carbonyl (C=O) groups excluding carboxylic acids is 1. The van der Waals surface area contributed by atoms with Crippen molar-refractivity contribution in [2.45, 2.75) is 45.2 Å². The van der Waals surface area contributed by atoms with Crippen LogP contribution in [0, 0.1) is 0 Å². The molecule has 0 spiro atoms. The Bertz CT molecular complexity index is 662. The van der Waals surface area contributed by atoms with Crippen molar-refractivity contribution in [2.24, 2.45) is 0 Å². The van der Waals surface area contributed by atoms with E-state index in [1.807, 2.05) is 6.07 Å². The van der Waals surface area contributed by atoms with Crippen LogP contribution in [0.15, 0.2) is 18.2 Å². The Morgan fingerprint density at radius 2 is 2.17 bits per heavy atom. The predicted octanol–water partition coefficient (Wildman–Crippen LogP) is 2.49. The van der Waals surface area contributed by atoms with Crippen LogP contribution >= 0.6 is 12.2 Å². The smallest absolute Gasteiger partial charge is 0.231 e. The number of amides is 1. The maximum atomic E-state index is 12.2. The van der Waals surface area contributed by atoms with Gasteiger partial charge in [0.15, 0.2) is 16.6 Å². The molecular weight excluding hydrogens is 326 g/mol. The molecule has 130 valence electrons.